The largest absolute Gasteiger partial charge is 0.379 e. The molecule has 2 aliphatic rings. The van der Waals surface area contributed by atoms with Crippen LogP contribution in [0.25, 0.3) is 17.1 Å². The molecule has 32 heavy (non-hydrogen) atoms. The molecular weight excluding hydrogens is 446 g/mol. The summed E-state index contributed by atoms with van der Waals surface area (Å²) in [6, 6.07) is 13.3. The third-order valence-electron chi connectivity index (χ3n) is 5.49. The number of aryl methyl sites for hydroxylation is 1. The van der Waals surface area contributed by atoms with Crippen molar-refractivity contribution in [1.82, 2.24) is 19.8 Å². The van der Waals surface area contributed by atoms with Crippen LogP contribution in [0, 0.1) is 0 Å². The number of carbonyl (C=O) groups is 1. The predicted molar refractivity (Wildman–Crippen MR) is 129 cm³/mol. The SMILES string of the molecule is Cn1c(CN2CCOCC2)nc2ccc(/C=C3\SC(=Nc4ccccc4Cl)NC3=O)cc21. The molecule has 0 unspecified atom stereocenters. The molecule has 1 N–H and O–H groups in total. The van der Waals surface area contributed by atoms with Crippen LogP contribution in [0.4, 0.5) is 5.69 Å². The Morgan fingerprint density at radius 1 is 1.25 bits per heavy atom. The minimum atomic E-state index is -0.168. The highest BCUT2D eigenvalue weighted by atomic mass is 35.5. The molecule has 0 atom stereocenters. The Bertz CT molecular complexity index is 1250. The number of halogens is 1. The van der Waals surface area contributed by atoms with E-state index < -0.39 is 0 Å². The summed E-state index contributed by atoms with van der Waals surface area (Å²) in [7, 11) is 2.04. The molecule has 3 aromatic rings. The number of nitrogens with zero attached hydrogens (tertiary/aromatic N) is 4. The Kier molecular flexibility index (Phi) is 6.01. The molecule has 2 aromatic carbocycles. The number of para-hydroxylation sites is 1. The molecule has 0 saturated carbocycles. The number of aromatic nitrogens is 2. The van der Waals surface area contributed by atoms with Crippen LogP contribution in [-0.4, -0.2) is 51.8 Å². The van der Waals surface area contributed by atoms with Gasteiger partial charge < -0.3 is 14.6 Å². The summed E-state index contributed by atoms with van der Waals surface area (Å²) in [5.74, 6) is 0.854. The number of thioether (sulfide) groups is 1. The van der Waals surface area contributed by atoms with Gasteiger partial charge in [0.1, 0.15) is 5.82 Å². The Hall–Kier alpha value is -2.65. The highest BCUT2D eigenvalue weighted by molar-refractivity contribution is 8.18. The van der Waals surface area contributed by atoms with Crippen LogP contribution in [-0.2, 0) is 23.1 Å². The fourth-order valence-corrected chi connectivity index (χ4v) is 4.74. The van der Waals surface area contributed by atoms with Gasteiger partial charge in [-0.15, -0.1) is 0 Å². The van der Waals surface area contributed by atoms with Crippen LogP contribution < -0.4 is 5.32 Å². The Balaban J connectivity index is 1.38. The van der Waals surface area contributed by atoms with Crippen molar-refractivity contribution in [2.45, 2.75) is 6.54 Å². The first-order chi connectivity index (χ1) is 15.6. The fraction of sp³-hybridized carbons (Fsp3) is 0.261. The van der Waals surface area contributed by atoms with Crippen molar-refractivity contribution in [3.8, 4) is 0 Å². The van der Waals surface area contributed by atoms with Crippen molar-refractivity contribution in [3.05, 3.63) is 63.8 Å². The van der Waals surface area contributed by atoms with E-state index >= 15 is 0 Å². The van der Waals surface area contributed by atoms with E-state index in [0.29, 0.717) is 20.8 Å². The lowest BCUT2D eigenvalue weighted by Gasteiger charge is -2.26. The van der Waals surface area contributed by atoms with Crippen LogP contribution >= 0.6 is 23.4 Å². The van der Waals surface area contributed by atoms with Gasteiger partial charge in [-0.1, -0.05) is 29.8 Å². The summed E-state index contributed by atoms with van der Waals surface area (Å²) in [5.41, 5.74) is 3.55. The van der Waals surface area contributed by atoms with Gasteiger partial charge in [-0.25, -0.2) is 9.98 Å². The first-order valence-corrected chi connectivity index (χ1v) is 11.6. The number of amides is 1. The number of hydrogen-bond acceptors (Lipinski definition) is 6. The summed E-state index contributed by atoms with van der Waals surface area (Å²) in [6.45, 7) is 4.17. The lowest BCUT2D eigenvalue weighted by Crippen LogP contribution is -2.36. The summed E-state index contributed by atoms with van der Waals surface area (Å²) in [4.78, 5) is 24.7. The van der Waals surface area contributed by atoms with Gasteiger partial charge >= 0.3 is 0 Å². The quantitative estimate of drug-likeness (QED) is 0.588. The molecule has 9 heteroatoms. The number of morpholine rings is 1. The van der Waals surface area contributed by atoms with E-state index in [2.05, 4.69) is 25.8 Å². The first kappa shape index (κ1) is 21.2. The monoisotopic (exact) mass is 467 g/mol. The molecular formula is C23H22ClN5O2S. The number of carbonyl (C=O) groups excluding carboxylic acids is 1. The normalized spacial score (nSPS) is 19.9. The molecule has 1 amide bonds. The zero-order chi connectivity index (χ0) is 22.1. The molecule has 5 rings (SSSR count). The molecule has 1 aromatic heterocycles. The number of amidine groups is 1. The fourth-order valence-electron chi connectivity index (χ4n) is 3.73. The van der Waals surface area contributed by atoms with Gasteiger partial charge in [0.05, 0.1) is 46.4 Å². The molecule has 0 spiro atoms. The number of ether oxygens (including phenoxy) is 1. The topological polar surface area (TPSA) is 71.8 Å². The van der Waals surface area contributed by atoms with Gasteiger partial charge in [-0.2, -0.15) is 0 Å². The van der Waals surface area contributed by atoms with E-state index in [-0.39, 0.29) is 5.91 Å². The molecule has 2 aliphatic heterocycles. The standard InChI is InChI=1S/C23H22ClN5O2S/c1-28-19-12-15(6-7-18(19)25-21(28)14-29-8-10-31-11-9-29)13-20-22(30)27-23(32-20)26-17-5-3-2-4-16(17)24/h2-7,12-13H,8-11,14H2,1H3,(H,26,27,30)/b20-13-. The number of imidazole rings is 1. The van der Waals surface area contributed by atoms with Crippen molar-refractivity contribution in [2.75, 3.05) is 26.3 Å². The van der Waals surface area contributed by atoms with Crippen LogP contribution in [0.5, 0.6) is 0 Å². The number of aliphatic imine (C=N–C) groups is 1. The van der Waals surface area contributed by atoms with E-state index in [0.717, 1.165) is 55.3 Å². The van der Waals surface area contributed by atoms with E-state index in [1.165, 1.54) is 11.8 Å². The molecule has 0 bridgehead atoms. The van der Waals surface area contributed by atoms with Crippen LogP contribution in [0.1, 0.15) is 11.4 Å². The molecule has 2 fully saturated rings. The second kappa shape index (κ2) is 9.07. The third kappa shape index (κ3) is 4.45. The van der Waals surface area contributed by atoms with Crippen LogP contribution in [0.3, 0.4) is 0 Å². The highest BCUT2D eigenvalue weighted by Gasteiger charge is 2.24. The number of fused-ring (bicyclic) bond motifs is 1. The smallest absolute Gasteiger partial charge is 0.264 e. The summed E-state index contributed by atoms with van der Waals surface area (Å²) < 4.78 is 7.56. The first-order valence-electron chi connectivity index (χ1n) is 10.4. The summed E-state index contributed by atoms with van der Waals surface area (Å²) >= 11 is 7.48. The van der Waals surface area contributed by atoms with Gasteiger partial charge in [0, 0.05) is 20.1 Å². The number of rotatable bonds is 4. The van der Waals surface area contributed by atoms with E-state index in [1.54, 1.807) is 6.07 Å². The Morgan fingerprint density at radius 2 is 2.06 bits per heavy atom. The molecule has 3 heterocycles. The van der Waals surface area contributed by atoms with Crippen LogP contribution in [0.2, 0.25) is 5.02 Å². The molecule has 0 aliphatic carbocycles. The van der Waals surface area contributed by atoms with E-state index in [4.69, 9.17) is 21.3 Å². The van der Waals surface area contributed by atoms with E-state index in [1.807, 2.05) is 43.5 Å². The number of benzene rings is 2. The van der Waals surface area contributed by atoms with Gasteiger partial charge in [0.25, 0.3) is 5.91 Å². The van der Waals surface area contributed by atoms with Gasteiger partial charge in [0.2, 0.25) is 0 Å². The zero-order valence-corrected chi connectivity index (χ0v) is 19.1. The van der Waals surface area contributed by atoms with Gasteiger partial charge in [-0.3, -0.25) is 9.69 Å². The van der Waals surface area contributed by atoms with Gasteiger partial charge in [-0.05, 0) is 47.7 Å². The van der Waals surface area contributed by atoms with Crippen molar-refractivity contribution in [1.29, 1.82) is 0 Å². The summed E-state index contributed by atoms with van der Waals surface area (Å²) in [6.07, 6.45) is 1.88. The van der Waals surface area contributed by atoms with Gasteiger partial charge in [0.15, 0.2) is 5.17 Å². The number of hydrogen-bond donors (Lipinski definition) is 1. The Morgan fingerprint density at radius 3 is 2.88 bits per heavy atom. The minimum Gasteiger partial charge on any atom is -0.379 e. The predicted octanol–water partition coefficient (Wildman–Crippen LogP) is 3.95. The van der Waals surface area contributed by atoms with Crippen molar-refractivity contribution in [2.24, 2.45) is 12.0 Å². The highest BCUT2D eigenvalue weighted by Crippen LogP contribution is 2.31. The second-order valence-corrected chi connectivity index (χ2v) is 9.09. The minimum absolute atomic E-state index is 0.168. The lowest BCUT2D eigenvalue weighted by molar-refractivity contribution is -0.115. The molecule has 2 saturated heterocycles. The molecule has 7 nitrogen and oxygen atoms in total. The molecule has 0 radical (unpaired) electrons. The molecule has 164 valence electrons. The average molecular weight is 468 g/mol. The maximum absolute atomic E-state index is 12.5. The summed E-state index contributed by atoms with van der Waals surface area (Å²) in [5, 5.41) is 3.87. The van der Waals surface area contributed by atoms with Crippen molar-refractivity contribution < 1.29 is 9.53 Å². The zero-order valence-electron chi connectivity index (χ0n) is 17.5. The maximum atomic E-state index is 12.5. The lowest BCUT2D eigenvalue weighted by atomic mass is 10.2. The average Bonchev–Trinajstić information content (AvgIpc) is 3.29. The number of nitrogens with one attached hydrogen (secondary N) is 1. The van der Waals surface area contributed by atoms with Crippen molar-refractivity contribution >= 4 is 57.2 Å². The van der Waals surface area contributed by atoms with Crippen LogP contribution in [0.15, 0.2) is 52.4 Å². The second-order valence-electron chi connectivity index (χ2n) is 7.66. The Labute approximate surface area is 195 Å². The van der Waals surface area contributed by atoms with E-state index in [9.17, 15) is 4.79 Å². The maximum Gasteiger partial charge on any atom is 0.264 e. The third-order valence-corrected chi connectivity index (χ3v) is 6.72. The van der Waals surface area contributed by atoms with Crippen molar-refractivity contribution in [3.63, 3.8) is 0 Å².